The molecule has 2 rings (SSSR count). The second-order valence-corrected chi connectivity index (χ2v) is 5.27. The van der Waals surface area contributed by atoms with E-state index in [2.05, 4.69) is 27.8 Å². The zero-order valence-corrected chi connectivity index (χ0v) is 14.1. The van der Waals surface area contributed by atoms with Crippen LogP contribution in [0.2, 0.25) is 0 Å². The van der Waals surface area contributed by atoms with Gasteiger partial charge in [0, 0.05) is 19.2 Å². The molecule has 0 bridgehead atoms. The van der Waals surface area contributed by atoms with Crippen LogP contribution < -0.4 is 16.0 Å². The number of carbonyl (C=O) groups excluding carboxylic acids is 2. The topological polar surface area (TPSA) is 70.2 Å². The third kappa shape index (κ3) is 6.04. The average molecular weight is 335 g/mol. The fourth-order valence-electron chi connectivity index (χ4n) is 2.22. The second kappa shape index (κ2) is 9.78. The molecule has 0 spiro atoms. The minimum Gasteiger partial charge on any atom is -0.355 e. The van der Waals surface area contributed by atoms with Crippen molar-refractivity contribution in [1.29, 1.82) is 0 Å². The van der Waals surface area contributed by atoms with E-state index in [1.54, 1.807) is 25.2 Å². The van der Waals surface area contributed by atoms with Gasteiger partial charge in [-0.2, -0.15) is 0 Å². The van der Waals surface area contributed by atoms with Gasteiger partial charge in [-0.25, -0.2) is 4.79 Å². The minimum atomic E-state index is -0.259. The highest BCUT2D eigenvalue weighted by atomic mass is 16.2. The lowest BCUT2D eigenvalue weighted by Gasteiger charge is -2.05. The maximum atomic E-state index is 11.8. The van der Waals surface area contributed by atoms with Crippen LogP contribution in [0.5, 0.6) is 0 Å². The molecule has 3 amide bonds. The molecule has 2 aromatic rings. The van der Waals surface area contributed by atoms with E-state index in [-0.39, 0.29) is 18.5 Å². The van der Waals surface area contributed by atoms with Gasteiger partial charge in [0.05, 0.1) is 12.1 Å². The van der Waals surface area contributed by atoms with Crippen LogP contribution in [0.25, 0.3) is 0 Å². The highest BCUT2D eigenvalue weighted by Gasteiger charge is 2.06. The maximum absolute atomic E-state index is 11.8. The average Bonchev–Trinajstić information content (AvgIpc) is 2.66. The Labute approximate surface area is 147 Å². The summed E-state index contributed by atoms with van der Waals surface area (Å²) < 4.78 is 0. The first-order valence-electron chi connectivity index (χ1n) is 8.06. The number of nitrogens with one attached hydrogen (secondary N) is 3. The van der Waals surface area contributed by atoms with E-state index < -0.39 is 0 Å². The van der Waals surface area contributed by atoms with Gasteiger partial charge in [0.25, 0.3) is 5.91 Å². The van der Waals surface area contributed by atoms with Crippen LogP contribution in [0.3, 0.4) is 0 Å². The van der Waals surface area contributed by atoms with Crippen molar-refractivity contribution < 1.29 is 9.59 Å². The van der Waals surface area contributed by atoms with Crippen molar-refractivity contribution in [3.05, 3.63) is 71.3 Å². The molecule has 0 aliphatic carbocycles. The van der Waals surface area contributed by atoms with Crippen LogP contribution in [-0.4, -0.2) is 32.1 Å². The largest absolute Gasteiger partial charge is 0.355 e. The molecule has 0 aliphatic rings. The molecule has 0 heterocycles. The van der Waals surface area contributed by atoms with E-state index in [9.17, 15) is 9.59 Å². The summed E-state index contributed by atoms with van der Waals surface area (Å²) in [6, 6.07) is 16.8. The van der Waals surface area contributed by atoms with Gasteiger partial charge in [-0.3, -0.25) is 4.79 Å². The first-order chi connectivity index (χ1) is 12.2. The molecule has 0 radical (unpaired) electrons. The van der Waals surface area contributed by atoms with Gasteiger partial charge in [0.2, 0.25) is 0 Å². The minimum absolute atomic E-state index is 0.184. The lowest BCUT2D eigenvalue weighted by molar-refractivity contribution is 0.0963. The Morgan fingerprint density at radius 3 is 2.44 bits per heavy atom. The number of carbonyl (C=O) groups is 2. The van der Waals surface area contributed by atoms with Crippen LogP contribution in [0.15, 0.2) is 54.6 Å². The van der Waals surface area contributed by atoms with Gasteiger partial charge in [-0.15, -0.1) is 0 Å². The third-order valence-corrected chi connectivity index (χ3v) is 3.50. The van der Waals surface area contributed by atoms with E-state index >= 15 is 0 Å². The summed E-state index contributed by atoms with van der Waals surface area (Å²) in [6.07, 6.45) is 0.777. The maximum Gasteiger partial charge on any atom is 0.315 e. The summed E-state index contributed by atoms with van der Waals surface area (Å²) >= 11 is 0. The molecule has 5 heteroatoms. The van der Waals surface area contributed by atoms with Crippen LogP contribution in [-0.2, 0) is 6.42 Å². The van der Waals surface area contributed by atoms with Crippen molar-refractivity contribution in [2.24, 2.45) is 0 Å². The number of hydrogen-bond donors (Lipinski definition) is 3. The Balaban J connectivity index is 1.77. The Morgan fingerprint density at radius 2 is 1.68 bits per heavy atom. The molecule has 0 saturated carbocycles. The summed E-state index contributed by atoms with van der Waals surface area (Å²) in [7, 11) is 1.58. The molecule has 0 aromatic heterocycles. The molecule has 25 heavy (non-hydrogen) atoms. The highest BCUT2D eigenvalue weighted by Crippen LogP contribution is 2.06. The van der Waals surface area contributed by atoms with Gasteiger partial charge < -0.3 is 16.0 Å². The number of benzene rings is 2. The van der Waals surface area contributed by atoms with Crippen molar-refractivity contribution >= 4 is 11.9 Å². The zero-order chi connectivity index (χ0) is 17.9. The van der Waals surface area contributed by atoms with E-state index in [4.69, 9.17) is 0 Å². The standard InChI is InChI=1S/C20H21N3O2/c1-21-19(24)18-12-6-5-10-17(18)11-7-14-22-20(25)23-15-13-16-8-3-2-4-9-16/h2-6,8-10,12H,13-15H2,1H3,(H,21,24)(H2,22,23,25). The van der Waals surface area contributed by atoms with Crippen LogP contribution >= 0.6 is 0 Å². The molecule has 2 aromatic carbocycles. The highest BCUT2D eigenvalue weighted by molar-refractivity contribution is 5.96. The Morgan fingerprint density at radius 1 is 0.960 bits per heavy atom. The third-order valence-electron chi connectivity index (χ3n) is 3.50. The molecular formula is C20H21N3O2. The number of urea groups is 1. The lowest BCUT2D eigenvalue weighted by Crippen LogP contribution is -2.36. The molecule has 3 N–H and O–H groups in total. The van der Waals surface area contributed by atoms with E-state index in [0.29, 0.717) is 17.7 Å². The molecule has 0 saturated heterocycles. The van der Waals surface area contributed by atoms with E-state index in [1.807, 2.05) is 36.4 Å². The van der Waals surface area contributed by atoms with Crippen LogP contribution in [0, 0.1) is 11.8 Å². The summed E-state index contributed by atoms with van der Waals surface area (Å²) in [5, 5.41) is 8.04. The first kappa shape index (κ1) is 18.1. The number of amides is 3. The Kier molecular flexibility index (Phi) is 7.08. The van der Waals surface area contributed by atoms with Crippen molar-refractivity contribution in [2.45, 2.75) is 6.42 Å². The number of rotatable bonds is 5. The Hall–Kier alpha value is -3.26. The van der Waals surface area contributed by atoms with Crippen molar-refractivity contribution in [1.82, 2.24) is 16.0 Å². The van der Waals surface area contributed by atoms with Gasteiger partial charge >= 0.3 is 6.03 Å². The summed E-state index contributed by atoms with van der Waals surface area (Å²) in [5.74, 6) is 5.59. The summed E-state index contributed by atoms with van der Waals surface area (Å²) in [5.41, 5.74) is 2.33. The fourth-order valence-corrected chi connectivity index (χ4v) is 2.22. The predicted octanol–water partition coefficient (Wildman–Crippen LogP) is 1.94. The van der Waals surface area contributed by atoms with Crippen LogP contribution in [0.1, 0.15) is 21.5 Å². The molecule has 0 fully saturated rings. The first-order valence-corrected chi connectivity index (χ1v) is 8.06. The van der Waals surface area contributed by atoms with Crippen molar-refractivity contribution in [2.75, 3.05) is 20.1 Å². The smallest absolute Gasteiger partial charge is 0.315 e. The monoisotopic (exact) mass is 335 g/mol. The molecular weight excluding hydrogens is 314 g/mol. The molecule has 0 atom stereocenters. The molecule has 0 unspecified atom stereocenters. The molecule has 128 valence electrons. The van der Waals surface area contributed by atoms with Gasteiger partial charge in [0.1, 0.15) is 0 Å². The predicted molar refractivity (Wildman–Crippen MR) is 98.3 cm³/mol. The van der Waals surface area contributed by atoms with Crippen molar-refractivity contribution in [3.63, 3.8) is 0 Å². The lowest BCUT2D eigenvalue weighted by atomic mass is 10.1. The fraction of sp³-hybridized carbons (Fsp3) is 0.200. The van der Waals surface area contributed by atoms with Crippen molar-refractivity contribution in [3.8, 4) is 11.8 Å². The normalized spacial score (nSPS) is 9.48. The SMILES string of the molecule is CNC(=O)c1ccccc1C#CCNC(=O)NCCc1ccccc1. The Bertz CT molecular complexity index is 776. The second-order valence-electron chi connectivity index (χ2n) is 5.27. The molecule has 5 nitrogen and oxygen atoms in total. The van der Waals surface area contributed by atoms with Gasteiger partial charge in [-0.05, 0) is 24.1 Å². The summed E-state index contributed by atoms with van der Waals surface area (Å²) in [6.45, 7) is 0.766. The quantitative estimate of drug-likeness (QED) is 0.731. The molecule has 0 aliphatic heterocycles. The number of hydrogen-bond acceptors (Lipinski definition) is 2. The van der Waals surface area contributed by atoms with Gasteiger partial charge in [0.15, 0.2) is 0 Å². The van der Waals surface area contributed by atoms with E-state index in [0.717, 1.165) is 6.42 Å². The van der Waals surface area contributed by atoms with Crippen LogP contribution in [0.4, 0.5) is 4.79 Å². The van der Waals surface area contributed by atoms with Gasteiger partial charge in [-0.1, -0.05) is 54.3 Å². The summed E-state index contributed by atoms with van der Waals surface area (Å²) in [4.78, 5) is 23.5. The zero-order valence-electron chi connectivity index (χ0n) is 14.1. The van der Waals surface area contributed by atoms with E-state index in [1.165, 1.54) is 5.56 Å².